The van der Waals surface area contributed by atoms with E-state index in [9.17, 15) is 0 Å². The molecule has 2 aliphatic rings. The Hall–Kier alpha value is -1.02. The minimum atomic E-state index is 1.21. The van der Waals surface area contributed by atoms with E-state index in [4.69, 9.17) is 5.84 Å². The number of nitrogens with two attached hydrogens (primary N) is 1. The predicted octanol–water partition coefficient (Wildman–Crippen LogP) is 2.98. The normalized spacial score (nSPS) is 16.2. The zero-order valence-electron chi connectivity index (χ0n) is 10.4. The van der Waals surface area contributed by atoms with Crippen molar-refractivity contribution < 1.29 is 0 Å². The van der Waals surface area contributed by atoms with E-state index < -0.39 is 0 Å². The molecule has 88 valence electrons. The molecule has 16 heavy (non-hydrogen) atoms. The number of nitrogen functional groups attached to an aromatic ring is 1. The van der Waals surface area contributed by atoms with Crippen LogP contribution in [0.1, 0.15) is 48.9 Å². The van der Waals surface area contributed by atoms with Crippen LogP contribution in [0.25, 0.3) is 0 Å². The molecule has 0 fully saturated rings. The van der Waals surface area contributed by atoms with Gasteiger partial charge in [-0.1, -0.05) is 19.9 Å². The second-order valence-corrected chi connectivity index (χ2v) is 4.38. The van der Waals surface area contributed by atoms with Gasteiger partial charge in [-0.25, -0.2) is 0 Å². The quantitative estimate of drug-likeness (QED) is 0.562. The van der Waals surface area contributed by atoms with Crippen LogP contribution in [0.15, 0.2) is 6.07 Å². The van der Waals surface area contributed by atoms with Crippen LogP contribution in [0, 0.1) is 0 Å². The number of aryl methyl sites for hydroxylation is 2. The summed E-state index contributed by atoms with van der Waals surface area (Å²) in [5.41, 5.74) is 10.3. The molecule has 0 atom stereocenters. The SMILES string of the molecule is CC.NNc1c2c(cc3c1CCC3)CCC2. The van der Waals surface area contributed by atoms with Gasteiger partial charge in [-0.15, -0.1) is 0 Å². The maximum absolute atomic E-state index is 5.65. The van der Waals surface area contributed by atoms with Gasteiger partial charge in [-0.05, 0) is 60.8 Å². The average Bonchev–Trinajstić information content (AvgIpc) is 2.95. The summed E-state index contributed by atoms with van der Waals surface area (Å²) in [5.74, 6) is 5.65. The van der Waals surface area contributed by atoms with Gasteiger partial charge in [0, 0.05) is 0 Å². The summed E-state index contributed by atoms with van der Waals surface area (Å²) < 4.78 is 0. The third kappa shape index (κ3) is 1.71. The van der Waals surface area contributed by atoms with Crippen LogP contribution in [-0.2, 0) is 25.7 Å². The Balaban J connectivity index is 0.000000457. The van der Waals surface area contributed by atoms with Gasteiger partial charge < -0.3 is 5.43 Å². The Morgan fingerprint density at radius 2 is 1.44 bits per heavy atom. The van der Waals surface area contributed by atoms with Gasteiger partial charge in [0.25, 0.3) is 0 Å². The Morgan fingerprint density at radius 1 is 0.938 bits per heavy atom. The third-order valence-corrected chi connectivity index (χ3v) is 3.62. The van der Waals surface area contributed by atoms with Crippen molar-refractivity contribution in [2.75, 3.05) is 5.43 Å². The Kier molecular flexibility index (Phi) is 3.49. The van der Waals surface area contributed by atoms with Crippen molar-refractivity contribution in [3.05, 3.63) is 28.3 Å². The average molecular weight is 218 g/mol. The van der Waals surface area contributed by atoms with Crippen LogP contribution in [0.4, 0.5) is 5.69 Å². The topological polar surface area (TPSA) is 38.0 Å². The highest BCUT2D eigenvalue weighted by molar-refractivity contribution is 5.65. The molecule has 0 saturated carbocycles. The van der Waals surface area contributed by atoms with Crippen molar-refractivity contribution in [2.24, 2.45) is 5.84 Å². The fourth-order valence-electron chi connectivity index (χ4n) is 2.99. The molecule has 1 aromatic rings. The predicted molar refractivity (Wildman–Crippen MR) is 69.7 cm³/mol. The lowest BCUT2D eigenvalue weighted by atomic mass is 9.99. The number of nitrogens with one attached hydrogen (secondary N) is 1. The summed E-state index contributed by atoms with van der Waals surface area (Å²) in [7, 11) is 0. The molecule has 3 N–H and O–H groups in total. The number of anilines is 1. The lowest BCUT2D eigenvalue weighted by Gasteiger charge is -2.13. The lowest BCUT2D eigenvalue weighted by Crippen LogP contribution is -2.12. The zero-order valence-corrected chi connectivity index (χ0v) is 10.4. The highest BCUT2D eigenvalue weighted by Crippen LogP contribution is 2.37. The molecule has 2 aliphatic carbocycles. The highest BCUT2D eigenvalue weighted by atomic mass is 15.2. The molecule has 2 heteroatoms. The fraction of sp³-hybridized carbons (Fsp3) is 0.571. The number of hydrogen-bond donors (Lipinski definition) is 2. The molecule has 0 amide bonds. The fourth-order valence-corrected chi connectivity index (χ4v) is 2.99. The number of rotatable bonds is 1. The maximum atomic E-state index is 5.65. The van der Waals surface area contributed by atoms with Crippen LogP contribution in [0.5, 0.6) is 0 Å². The first-order valence-electron chi connectivity index (χ1n) is 6.53. The summed E-state index contributed by atoms with van der Waals surface area (Å²) in [6.07, 6.45) is 7.51. The summed E-state index contributed by atoms with van der Waals surface area (Å²) in [4.78, 5) is 0. The molecular weight excluding hydrogens is 196 g/mol. The molecule has 1 aromatic carbocycles. The van der Waals surface area contributed by atoms with E-state index in [0.717, 1.165) is 0 Å². The summed E-state index contributed by atoms with van der Waals surface area (Å²) in [6.45, 7) is 4.00. The first-order chi connectivity index (χ1) is 7.90. The monoisotopic (exact) mass is 218 g/mol. The van der Waals surface area contributed by atoms with Crippen molar-refractivity contribution in [1.29, 1.82) is 0 Å². The Bertz CT molecular complexity index is 351. The molecule has 0 aromatic heterocycles. The van der Waals surface area contributed by atoms with Crippen LogP contribution in [0.3, 0.4) is 0 Å². The van der Waals surface area contributed by atoms with E-state index in [-0.39, 0.29) is 0 Å². The van der Waals surface area contributed by atoms with E-state index in [1.54, 1.807) is 11.1 Å². The van der Waals surface area contributed by atoms with Crippen molar-refractivity contribution in [1.82, 2.24) is 0 Å². The zero-order chi connectivity index (χ0) is 11.5. The minimum Gasteiger partial charge on any atom is -0.324 e. The highest BCUT2D eigenvalue weighted by Gasteiger charge is 2.23. The number of hydrogen-bond acceptors (Lipinski definition) is 2. The van der Waals surface area contributed by atoms with Gasteiger partial charge in [-0.2, -0.15) is 0 Å². The molecule has 0 saturated heterocycles. The van der Waals surface area contributed by atoms with Crippen LogP contribution in [0.2, 0.25) is 0 Å². The van der Waals surface area contributed by atoms with Crippen molar-refractivity contribution in [2.45, 2.75) is 52.4 Å². The summed E-state index contributed by atoms with van der Waals surface area (Å²) >= 11 is 0. The Labute approximate surface area is 98.2 Å². The van der Waals surface area contributed by atoms with Crippen molar-refractivity contribution >= 4 is 5.69 Å². The van der Waals surface area contributed by atoms with E-state index in [1.807, 2.05) is 13.8 Å². The second kappa shape index (κ2) is 4.88. The van der Waals surface area contributed by atoms with E-state index in [1.165, 1.54) is 55.3 Å². The van der Waals surface area contributed by atoms with Crippen LogP contribution in [-0.4, -0.2) is 0 Å². The summed E-state index contributed by atoms with van der Waals surface area (Å²) in [6, 6.07) is 2.42. The van der Waals surface area contributed by atoms with Crippen LogP contribution < -0.4 is 11.3 Å². The van der Waals surface area contributed by atoms with Gasteiger partial charge in [0.1, 0.15) is 0 Å². The maximum Gasteiger partial charge on any atom is 0.0554 e. The van der Waals surface area contributed by atoms with Gasteiger partial charge in [0.05, 0.1) is 5.69 Å². The first kappa shape index (κ1) is 11.5. The van der Waals surface area contributed by atoms with Gasteiger partial charge in [0.15, 0.2) is 0 Å². The largest absolute Gasteiger partial charge is 0.324 e. The van der Waals surface area contributed by atoms with Crippen molar-refractivity contribution in [3.63, 3.8) is 0 Å². The second-order valence-electron chi connectivity index (χ2n) is 4.38. The molecule has 0 heterocycles. The van der Waals surface area contributed by atoms with E-state index in [2.05, 4.69) is 11.5 Å². The number of benzene rings is 1. The summed E-state index contributed by atoms with van der Waals surface area (Å²) in [5, 5.41) is 0. The van der Waals surface area contributed by atoms with E-state index in [0.29, 0.717) is 0 Å². The van der Waals surface area contributed by atoms with E-state index >= 15 is 0 Å². The number of hydrazine groups is 1. The molecule has 3 rings (SSSR count). The minimum absolute atomic E-state index is 1.21. The van der Waals surface area contributed by atoms with Crippen LogP contribution >= 0.6 is 0 Å². The Morgan fingerprint density at radius 3 is 1.88 bits per heavy atom. The number of fused-ring (bicyclic) bond motifs is 2. The first-order valence-corrected chi connectivity index (χ1v) is 6.53. The molecular formula is C14H22N2. The van der Waals surface area contributed by atoms with Crippen molar-refractivity contribution in [3.8, 4) is 0 Å². The molecule has 2 nitrogen and oxygen atoms in total. The molecule has 0 aliphatic heterocycles. The molecule has 0 bridgehead atoms. The smallest absolute Gasteiger partial charge is 0.0554 e. The van der Waals surface area contributed by atoms with Gasteiger partial charge in [0.2, 0.25) is 0 Å². The molecule has 0 spiro atoms. The molecule has 0 unspecified atom stereocenters. The molecule has 0 radical (unpaired) electrons. The lowest BCUT2D eigenvalue weighted by molar-refractivity contribution is 0.897. The third-order valence-electron chi connectivity index (χ3n) is 3.62. The standard InChI is InChI=1S/C12H16N2.C2H6/c13-14-12-10-5-1-3-8(10)7-9-4-2-6-11(9)12;1-2/h7,14H,1-6,13H2;1-2H3. The van der Waals surface area contributed by atoms with Gasteiger partial charge in [-0.3, -0.25) is 5.84 Å². The van der Waals surface area contributed by atoms with Gasteiger partial charge >= 0.3 is 0 Å².